The number of benzene rings is 3. The van der Waals surface area contributed by atoms with Crippen molar-refractivity contribution >= 4 is 63.5 Å². The maximum atomic E-state index is 12.6. The SMILES string of the molecule is Cc1c(CC(=O)NCCCCNC(=O)Cc2ccc(Nc3ccc(N(O)O)c4nonc34)cc2)c2cc(C=O)ccc2n1C=O. The number of hydrogen-bond donors (Lipinski definition) is 5. The molecule has 0 aliphatic rings. The standard InChI is InChI=1S/C31H31N7O7/c1-19-23(24-14-21(17-39)6-10-26(24)37(19)18-40)16-29(42)33-13-3-2-12-32-28(41)15-20-4-7-22(8-5-20)34-25-9-11-27(38(43)44)31-30(25)35-45-36-31/h4-11,14,17-18,34,43-44H,2-3,12-13,15-16H2,1H3,(H,32,41)(H,33,42). The zero-order valence-electron chi connectivity index (χ0n) is 24.3. The molecule has 14 heteroatoms. The van der Waals surface area contributed by atoms with E-state index in [0.717, 1.165) is 17.5 Å². The molecular weight excluding hydrogens is 582 g/mol. The molecule has 2 amide bonds. The second-order valence-corrected chi connectivity index (χ2v) is 10.4. The molecule has 3 aromatic carbocycles. The zero-order valence-corrected chi connectivity index (χ0v) is 24.3. The molecular formula is C31H31N7O7. The van der Waals surface area contributed by atoms with E-state index in [0.29, 0.717) is 71.3 Å². The van der Waals surface area contributed by atoms with Gasteiger partial charge in [-0.15, -0.1) is 5.23 Å². The minimum absolute atomic E-state index is 0.0192. The summed E-state index contributed by atoms with van der Waals surface area (Å²) in [5.41, 5.74) is 5.07. The lowest BCUT2D eigenvalue weighted by atomic mass is 10.1. The van der Waals surface area contributed by atoms with E-state index in [9.17, 15) is 29.6 Å². The van der Waals surface area contributed by atoms with Gasteiger partial charge in [-0.05, 0) is 83.7 Å². The minimum Gasteiger partial charge on any atom is -0.356 e. The first-order valence-electron chi connectivity index (χ1n) is 14.2. The third-order valence-electron chi connectivity index (χ3n) is 7.44. The number of amides is 2. The van der Waals surface area contributed by atoms with Gasteiger partial charge in [-0.25, -0.2) is 4.63 Å². The smallest absolute Gasteiger partial charge is 0.224 e. The van der Waals surface area contributed by atoms with Crippen LogP contribution in [-0.4, -0.2) is 62.9 Å². The number of carbonyl (C=O) groups is 4. The Morgan fingerprint density at radius 1 is 0.911 bits per heavy atom. The van der Waals surface area contributed by atoms with Crippen LogP contribution in [0.25, 0.3) is 21.9 Å². The number of unbranched alkanes of at least 4 members (excludes halogenated alkanes) is 1. The van der Waals surface area contributed by atoms with Crippen molar-refractivity contribution in [3.63, 3.8) is 0 Å². The molecule has 0 bridgehead atoms. The summed E-state index contributed by atoms with van der Waals surface area (Å²) in [4.78, 5) is 47.9. The molecule has 2 aromatic heterocycles. The lowest BCUT2D eigenvalue weighted by Crippen LogP contribution is -2.29. The number of carbonyl (C=O) groups excluding carboxylic acids is 4. The van der Waals surface area contributed by atoms with Crippen molar-refractivity contribution in [2.24, 2.45) is 0 Å². The molecule has 5 N–H and O–H groups in total. The van der Waals surface area contributed by atoms with E-state index in [2.05, 4.69) is 26.3 Å². The van der Waals surface area contributed by atoms with Crippen LogP contribution in [0.5, 0.6) is 0 Å². The van der Waals surface area contributed by atoms with E-state index in [4.69, 9.17) is 4.63 Å². The molecule has 14 nitrogen and oxygen atoms in total. The van der Waals surface area contributed by atoms with Crippen LogP contribution in [0.1, 0.15) is 40.0 Å². The lowest BCUT2D eigenvalue weighted by Gasteiger charge is -2.11. The Labute approximate surface area is 256 Å². The number of fused-ring (bicyclic) bond motifs is 2. The first kappa shape index (κ1) is 30.8. The van der Waals surface area contributed by atoms with Crippen LogP contribution in [0.15, 0.2) is 59.2 Å². The third kappa shape index (κ3) is 6.98. The molecule has 0 saturated heterocycles. The van der Waals surface area contributed by atoms with Crippen molar-refractivity contribution in [2.75, 3.05) is 23.6 Å². The van der Waals surface area contributed by atoms with E-state index >= 15 is 0 Å². The van der Waals surface area contributed by atoms with Crippen molar-refractivity contribution in [3.8, 4) is 0 Å². The molecule has 232 valence electrons. The number of nitrogens with one attached hydrogen (secondary N) is 3. The summed E-state index contributed by atoms with van der Waals surface area (Å²) in [5.74, 6) is -0.317. The van der Waals surface area contributed by atoms with Gasteiger partial charge in [-0.3, -0.25) is 34.2 Å². The average Bonchev–Trinajstić information content (AvgIpc) is 3.62. The van der Waals surface area contributed by atoms with Crippen molar-refractivity contribution in [1.82, 2.24) is 25.5 Å². The molecule has 0 spiro atoms. The Balaban J connectivity index is 1.03. The second kappa shape index (κ2) is 13.8. The first-order valence-corrected chi connectivity index (χ1v) is 14.2. The topological polar surface area (TPSA) is 192 Å². The van der Waals surface area contributed by atoms with E-state index in [-0.39, 0.29) is 41.1 Å². The Bertz CT molecular complexity index is 1860. The average molecular weight is 614 g/mol. The van der Waals surface area contributed by atoms with Gasteiger partial charge in [0, 0.05) is 35.4 Å². The molecule has 0 unspecified atom stereocenters. The van der Waals surface area contributed by atoms with Gasteiger partial charge in [0.1, 0.15) is 12.0 Å². The summed E-state index contributed by atoms with van der Waals surface area (Å²) in [7, 11) is 0. The van der Waals surface area contributed by atoms with Gasteiger partial charge in [0.25, 0.3) is 0 Å². The highest BCUT2D eigenvalue weighted by atomic mass is 16.8. The van der Waals surface area contributed by atoms with Crippen molar-refractivity contribution < 1.29 is 34.2 Å². The Morgan fingerprint density at radius 3 is 2.27 bits per heavy atom. The monoisotopic (exact) mass is 613 g/mol. The first-order chi connectivity index (χ1) is 21.8. The number of anilines is 3. The van der Waals surface area contributed by atoms with Crippen LogP contribution in [0, 0.1) is 6.92 Å². The predicted molar refractivity (Wildman–Crippen MR) is 164 cm³/mol. The van der Waals surface area contributed by atoms with Crippen LogP contribution >= 0.6 is 0 Å². The number of rotatable bonds is 14. The number of aldehydes is 1. The fourth-order valence-electron chi connectivity index (χ4n) is 5.11. The van der Waals surface area contributed by atoms with Gasteiger partial charge in [-0.2, -0.15) is 0 Å². The lowest BCUT2D eigenvalue weighted by molar-refractivity contribution is -0.121. The van der Waals surface area contributed by atoms with E-state index in [1.807, 2.05) is 24.3 Å². The molecule has 0 radical (unpaired) electrons. The number of hydrogen-bond acceptors (Lipinski definition) is 11. The van der Waals surface area contributed by atoms with E-state index < -0.39 is 0 Å². The Kier molecular flexibility index (Phi) is 9.46. The molecule has 0 fully saturated rings. The number of aromatic nitrogens is 3. The highest BCUT2D eigenvalue weighted by Crippen LogP contribution is 2.31. The summed E-state index contributed by atoms with van der Waals surface area (Å²) < 4.78 is 6.21. The Hall–Kier alpha value is -5.60. The van der Waals surface area contributed by atoms with Crippen LogP contribution in [-0.2, 0) is 27.2 Å². The minimum atomic E-state index is -0.192. The summed E-state index contributed by atoms with van der Waals surface area (Å²) in [6.45, 7) is 2.67. The van der Waals surface area contributed by atoms with Gasteiger partial charge < -0.3 is 16.0 Å². The normalized spacial score (nSPS) is 11.0. The van der Waals surface area contributed by atoms with Crippen LogP contribution < -0.4 is 21.2 Å². The van der Waals surface area contributed by atoms with Crippen LogP contribution in [0.4, 0.5) is 17.1 Å². The second-order valence-electron chi connectivity index (χ2n) is 10.4. The van der Waals surface area contributed by atoms with Gasteiger partial charge >= 0.3 is 0 Å². The summed E-state index contributed by atoms with van der Waals surface area (Å²) in [6.07, 6.45) is 3.05. The quantitative estimate of drug-likeness (QED) is 0.0700. The maximum Gasteiger partial charge on any atom is 0.224 e. The number of nitrogens with zero attached hydrogens (tertiary/aromatic N) is 4. The summed E-state index contributed by atoms with van der Waals surface area (Å²) >= 11 is 0. The van der Waals surface area contributed by atoms with Crippen molar-refractivity contribution in [1.29, 1.82) is 0 Å². The molecule has 0 atom stereocenters. The molecule has 0 aliphatic carbocycles. The molecule has 0 aliphatic heterocycles. The van der Waals surface area contributed by atoms with Crippen LogP contribution in [0.3, 0.4) is 0 Å². The fraction of sp³-hybridized carbons (Fsp3) is 0.226. The third-order valence-corrected chi connectivity index (χ3v) is 7.44. The highest BCUT2D eigenvalue weighted by Gasteiger charge is 2.18. The van der Waals surface area contributed by atoms with Gasteiger partial charge in [0.05, 0.1) is 24.0 Å². The summed E-state index contributed by atoms with van der Waals surface area (Å²) in [5, 5.41) is 35.8. The van der Waals surface area contributed by atoms with Gasteiger partial charge in [-0.1, -0.05) is 12.1 Å². The summed E-state index contributed by atoms with van der Waals surface area (Å²) in [6, 6.07) is 15.3. The maximum absolute atomic E-state index is 12.6. The van der Waals surface area contributed by atoms with Crippen molar-refractivity contribution in [3.05, 3.63) is 77.0 Å². The fourth-order valence-corrected chi connectivity index (χ4v) is 5.11. The van der Waals surface area contributed by atoms with E-state index in [1.165, 1.54) is 10.6 Å². The predicted octanol–water partition coefficient (Wildman–Crippen LogP) is 3.46. The van der Waals surface area contributed by atoms with Gasteiger partial charge in [0.2, 0.25) is 18.2 Å². The molecule has 5 aromatic rings. The molecule has 45 heavy (non-hydrogen) atoms. The van der Waals surface area contributed by atoms with Gasteiger partial charge in [0.15, 0.2) is 11.0 Å². The molecule has 5 rings (SSSR count). The van der Waals surface area contributed by atoms with Crippen molar-refractivity contribution in [2.45, 2.75) is 32.6 Å². The zero-order chi connectivity index (χ0) is 31.9. The van der Waals surface area contributed by atoms with Crippen LogP contribution in [0.2, 0.25) is 0 Å². The Morgan fingerprint density at radius 2 is 1.60 bits per heavy atom. The highest BCUT2D eigenvalue weighted by molar-refractivity contribution is 5.98. The molecule has 2 heterocycles. The largest absolute Gasteiger partial charge is 0.356 e. The molecule has 0 saturated carbocycles. The van der Waals surface area contributed by atoms with E-state index in [1.54, 1.807) is 31.2 Å².